The second-order valence-corrected chi connectivity index (χ2v) is 4.48. The van der Waals surface area contributed by atoms with Crippen molar-refractivity contribution < 1.29 is 0 Å². The van der Waals surface area contributed by atoms with Gasteiger partial charge in [0.25, 0.3) is 0 Å². The maximum Gasteiger partial charge on any atom is -0.00621 e. The molecular weight excluding hydrogens is 168 g/mol. The van der Waals surface area contributed by atoms with Crippen LogP contribution in [0.3, 0.4) is 0 Å². The summed E-state index contributed by atoms with van der Waals surface area (Å²) < 4.78 is 0. The number of aryl methyl sites for hydroxylation is 1. The van der Waals surface area contributed by atoms with E-state index in [1.165, 1.54) is 43.2 Å². The average molecular weight is 187 g/mol. The summed E-state index contributed by atoms with van der Waals surface area (Å²) in [6.07, 6.45) is 9.54. The molecular formula is C14H19. The first-order valence-electron chi connectivity index (χ1n) is 5.76. The van der Waals surface area contributed by atoms with Gasteiger partial charge < -0.3 is 0 Å². The summed E-state index contributed by atoms with van der Waals surface area (Å²) in [6, 6.07) is 8.89. The van der Waals surface area contributed by atoms with Gasteiger partial charge in [-0.05, 0) is 37.7 Å². The van der Waals surface area contributed by atoms with E-state index in [0.717, 1.165) is 5.92 Å². The van der Waals surface area contributed by atoms with Crippen molar-refractivity contribution in [2.24, 2.45) is 5.92 Å². The lowest BCUT2D eigenvalue weighted by Crippen LogP contribution is -2.07. The lowest BCUT2D eigenvalue weighted by Gasteiger charge is -2.21. The maximum absolute atomic E-state index is 2.46. The van der Waals surface area contributed by atoms with Crippen molar-refractivity contribution in [1.82, 2.24) is 0 Å². The maximum atomic E-state index is 2.46. The molecule has 0 amide bonds. The second kappa shape index (κ2) is 4.63. The Morgan fingerprint density at radius 3 is 2.29 bits per heavy atom. The fourth-order valence-electron chi connectivity index (χ4n) is 2.25. The molecule has 0 heteroatoms. The van der Waals surface area contributed by atoms with E-state index in [1.54, 1.807) is 0 Å². The van der Waals surface area contributed by atoms with E-state index >= 15 is 0 Å². The molecule has 0 nitrogen and oxygen atoms in total. The normalized spacial score (nSPS) is 18.4. The summed E-state index contributed by atoms with van der Waals surface area (Å²) >= 11 is 0. The molecule has 1 aliphatic rings. The zero-order chi connectivity index (χ0) is 9.80. The van der Waals surface area contributed by atoms with Crippen molar-refractivity contribution >= 4 is 0 Å². The molecule has 0 heterocycles. The zero-order valence-electron chi connectivity index (χ0n) is 9.00. The van der Waals surface area contributed by atoms with Crippen LogP contribution in [0.25, 0.3) is 0 Å². The molecule has 1 fully saturated rings. The first-order chi connectivity index (χ1) is 6.84. The Balaban J connectivity index is 1.92. The van der Waals surface area contributed by atoms with Gasteiger partial charge in [0.1, 0.15) is 0 Å². The van der Waals surface area contributed by atoms with Gasteiger partial charge >= 0.3 is 0 Å². The van der Waals surface area contributed by atoms with Crippen LogP contribution in [-0.4, -0.2) is 0 Å². The number of hydrogen-bond acceptors (Lipinski definition) is 0. The Morgan fingerprint density at radius 1 is 1.00 bits per heavy atom. The van der Waals surface area contributed by atoms with Crippen molar-refractivity contribution in [3.05, 3.63) is 41.8 Å². The predicted octanol–water partition coefficient (Wildman–Crippen LogP) is 4.13. The monoisotopic (exact) mass is 187 g/mol. The third kappa shape index (κ3) is 2.60. The topological polar surface area (TPSA) is 0 Å². The highest BCUT2D eigenvalue weighted by atomic mass is 14.2. The Bertz CT molecular complexity index is 265. The lowest BCUT2D eigenvalue weighted by atomic mass is 9.85. The van der Waals surface area contributed by atoms with E-state index in [-0.39, 0.29) is 0 Å². The minimum atomic E-state index is 0.839. The molecule has 14 heavy (non-hydrogen) atoms. The fourth-order valence-corrected chi connectivity index (χ4v) is 2.25. The van der Waals surface area contributed by atoms with Crippen LogP contribution in [0, 0.1) is 19.3 Å². The molecule has 1 aliphatic carbocycles. The first-order valence-corrected chi connectivity index (χ1v) is 5.76. The van der Waals surface area contributed by atoms with Crippen molar-refractivity contribution in [2.45, 2.75) is 39.0 Å². The van der Waals surface area contributed by atoms with E-state index in [1.807, 2.05) is 0 Å². The van der Waals surface area contributed by atoms with Gasteiger partial charge in [0.2, 0.25) is 0 Å². The van der Waals surface area contributed by atoms with Crippen LogP contribution in [0.1, 0.15) is 43.2 Å². The molecule has 1 aromatic rings. The fraction of sp³-hybridized carbons (Fsp3) is 0.500. The van der Waals surface area contributed by atoms with Crippen LogP contribution >= 0.6 is 0 Å². The molecule has 0 saturated heterocycles. The summed E-state index contributed by atoms with van der Waals surface area (Å²) in [5.74, 6) is 0.839. The van der Waals surface area contributed by atoms with Gasteiger partial charge in [-0.15, -0.1) is 0 Å². The summed E-state index contributed by atoms with van der Waals surface area (Å²) in [5, 5.41) is 0. The molecule has 1 radical (unpaired) electrons. The van der Waals surface area contributed by atoms with Gasteiger partial charge in [0.05, 0.1) is 0 Å². The third-order valence-electron chi connectivity index (χ3n) is 3.16. The van der Waals surface area contributed by atoms with Gasteiger partial charge in [-0.1, -0.05) is 49.1 Å². The predicted molar refractivity (Wildman–Crippen MR) is 61.2 cm³/mol. The van der Waals surface area contributed by atoms with Crippen molar-refractivity contribution in [3.8, 4) is 0 Å². The molecule has 0 unspecified atom stereocenters. The van der Waals surface area contributed by atoms with Crippen molar-refractivity contribution in [2.75, 3.05) is 0 Å². The van der Waals surface area contributed by atoms with Crippen molar-refractivity contribution in [3.63, 3.8) is 0 Å². The molecule has 1 aromatic carbocycles. The van der Waals surface area contributed by atoms with Gasteiger partial charge in [-0.25, -0.2) is 0 Å². The van der Waals surface area contributed by atoms with Crippen LogP contribution in [0.15, 0.2) is 24.3 Å². The minimum Gasteiger partial charge on any atom is -0.0590 e. The van der Waals surface area contributed by atoms with Crippen LogP contribution in [-0.2, 0) is 0 Å². The van der Waals surface area contributed by atoms with Gasteiger partial charge in [-0.3, -0.25) is 0 Å². The second-order valence-electron chi connectivity index (χ2n) is 4.48. The molecule has 0 aromatic heterocycles. The molecule has 0 N–H and O–H groups in total. The molecule has 75 valence electrons. The van der Waals surface area contributed by atoms with Crippen molar-refractivity contribution in [1.29, 1.82) is 0 Å². The molecule has 0 atom stereocenters. The average Bonchev–Trinajstić information content (AvgIpc) is 2.23. The number of benzene rings is 1. The Hall–Kier alpha value is -0.780. The smallest absolute Gasteiger partial charge is 0.00621 e. The largest absolute Gasteiger partial charge is 0.0590 e. The third-order valence-corrected chi connectivity index (χ3v) is 3.16. The first kappa shape index (κ1) is 9.76. The summed E-state index contributed by atoms with van der Waals surface area (Å²) in [4.78, 5) is 0. The van der Waals surface area contributed by atoms with Gasteiger partial charge in [0.15, 0.2) is 0 Å². The summed E-state index contributed by atoms with van der Waals surface area (Å²) in [5.41, 5.74) is 2.76. The Labute approximate surface area is 87.3 Å². The summed E-state index contributed by atoms with van der Waals surface area (Å²) in [6.45, 7) is 2.14. The van der Waals surface area contributed by atoms with Crippen LogP contribution in [0.5, 0.6) is 0 Å². The standard InChI is InChI=1S/C14H19/c1-12-7-9-14(10-8-12)11-13-5-3-2-4-6-13/h7-11,13H,2-6H2,1H3. The van der Waals surface area contributed by atoms with E-state index in [4.69, 9.17) is 0 Å². The highest BCUT2D eigenvalue weighted by molar-refractivity contribution is 5.27. The molecule has 0 bridgehead atoms. The molecule has 1 saturated carbocycles. The molecule has 0 aliphatic heterocycles. The Kier molecular flexibility index (Phi) is 3.23. The van der Waals surface area contributed by atoms with Crippen LogP contribution in [0.4, 0.5) is 0 Å². The summed E-state index contributed by atoms with van der Waals surface area (Å²) in [7, 11) is 0. The van der Waals surface area contributed by atoms with E-state index in [0.29, 0.717) is 0 Å². The molecule has 0 spiro atoms. The highest BCUT2D eigenvalue weighted by Gasteiger charge is 2.13. The number of hydrogen-bond donors (Lipinski definition) is 0. The highest BCUT2D eigenvalue weighted by Crippen LogP contribution is 2.28. The quantitative estimate of drug-likeness (QED) is 0.653. The van der Waals surface area contributed by atoms with Crippen LogP contribution < -0.4 is 0 Å². The zero-order valence-corrected chi connectivity index (χ0v) is 9.00. The minimum absolute atomic E-state index is 0.839. The lowest BCUT2D eigenvalue weighted by molar-refractivity contribution is 0.403. The number of rotatable bonds is 2. The van der Waals surface area contributed by atoms with Gasteiger partial charge in [-0.2, -0.15) is 0 Å². The van der Waals surface area contributed by atoms with Gasteiger partial charge in [0, 0.05) is 0 Å². The van der Waals surface area contributed by atoms with E-state index < -0.39 is 0 Å². The van der Waals surface area contributed by atoms with Crippen LogP contribution in [0.2, 0.25) is 0 Å². The molecule has 2 rings (SSSR count). The Morgan fingerprint density at radius 2 is 1.64 bits per heavy atom. The van der Waals surface area contributed by atoms with E-state index in [9.17, 15) is 0 Å². The SMILES string of the molecule is Cc1ccc([CH]C2CCCCC2)cc1. The van der Waals surface area contributed by atoms with E-state index in [2.05, 4.69) is 37.6 Å².